The lowest BCUT2D eigenvalue weighted by atomic mass is 10.1. The van der Waals surface area contributed by atoms with Crippen molar-refractivity contribution < 1.29 is 22.7 Å². The van der Waals surface area contributed by atoms with E-state index in [4.69, 9.17) is 0 Å². The largest absolute Gasteiger partial charge is 0.465 e. The van der Waals surface area contributed by atoms with Crippen LogP contribution in [0, 0.1) is 20.8 Å². The molecule has 8 heteroatoms. The molecule has 1 saturated heterocycles. The van der Waals surface area contributed by atoms with Crippen LogP contribution in [0.5, 0.6) is 0 Å². The molecule has 2 aromatic carbocycles. The van der Waals surface area contributed by atoms with E-state index in [2.05, 4.69) is 4.74 Å². The van der Waals surface area contributed by atoms with Crippen molar-refractivity contribution in [3.8, 4) is 0 Å². The first-order valence-corrected chi connectivity index (χ1v) is 11.1. The number of piperazine rings is 1. The molecule has 0 spiro atoms. The Balaban J connectivity index is 1.71. The van der Waals surface area contributed by atoms with Gasteiger partial charge in [0.05, 0.1) is 17.6 Å². The van der Waals surface area contributed by atoms with Crippen LogP contribution in [-0.2, 0) is 14.8 Å². The molecule has 0 radical (unpaired) electrons. The zero-order chi connectivity index (χ0) is 22.1. The van der Waals surface area contributed by atoms with E-state index in [9.17, 15) is 18.0 Å². The van der Waals surface area contributed by atoms with Crippen molar-refractivity contribution in [2.45, 2.75) is 25.7 Å². The number of ether oxygens (including phenoxy) is 1. The highest BCUT2D eigenvalue weighted by Crippen LogP contribution is 2.26. The number of hydrogen-bond donors (Lipinski definition) is 0. The van der Waals surface area contributed by atoms with Gasteiger partial charge in [-0.15, -0.1) is 0 Å². The van der Waals surface area contributed by atoms with Crippen molar-refractivity contribution >= 4 is 21.9 Å². The van der Waals surface area contributed by atoms with Gasteiger partial charge < -0.3 is 9.64 Å². The Hall–Kier alpha value is -2.71. The molecular formula is C22H26N2O5S. The van der Waals surface area contributed by atoms with Gasteiger partial charge in [-0.05, 0) is 56.2 Å². The van der Waals surface area contributed by atoms with Crippen LogP contribution in [0.1, 0.15) is 37.4 Å². The fraction of sp³-hybridized carbons (Fsp3) is 0.364. The van der Waals surface area contributed by atoms with Crippen LogP contribution in [0.15, 0.2) is 41.3 Å². The molecule has 0 unspecified atom stereocenters. The smallest absolute Gasteiger partial charge is 0.337 e. The van der Waals surface area contributed by atoms with Gasteiger partial charge in [-0.25, -0.2) is 13.2 Å². The van der Waals surface area contributed by atoms with Crippen LogP contribution in [0.2, 0.25) is 0 Å². The van der Waals surface area contributed by atoms with Gasteiger partial charge in [-0.3, -0.25) is 4.79 Å². The second-order valence-electron chi connectivity index (χ2n) is 7.49. The van der Waals surface area contributed by atoms with Crippen molar-refractivity contribution in [2.75, 3.05) is 33.3 Å². The first-order chi connectivity index (χ1) is 14.1. The number of benzene rings is 2. The van der Waals surface area contributed by atoms with Crippen LogP contribution in [-0.4, -0.2) is 62.8 Å². The summed E-state index contributed by atoms with van der Waals surface area (Å²) in [6, 6.07) is 9.99. The normalized spacial score (nSPS) is 15.1. The van der Waals surface area contributed by atoms with Gasteiger partial charge in [0, 0.05) is 31.7 Å². The SMILES string of the molecule is COC(=O)c1ccc(C(=O)N2CCN(S(=O)(=O)c3c(C)cc(C)cc3C)CC2)cc1. The highest BCUT2D eigenvalue weighted by atomic mass is 32.2. The molecule has 1 aliphatic heterocycles. The fourth-order valence-electron chi connectivity index (χ4n) is 3.88. The van der Waals surface area contributed by atoms with Crippen molar-refractivity contribution in [3.63, 3.8) is 0 Å². The molecule has 0 N–H and O–H groups in total. The first kappa shape index (κ1) is 22.0. The van der Waals surface area contributed by atoms with E-state index in [1.54, 1.807) is 29.2 Å². The zero-order valence-electron chi connectivity index (χ0n) is 17.6. The van der Waals surface area contributed by atoms with Gasteiger partial charge in [0.1, 0.15) is 0 Å². The number of nitrogens with zero attached hydrogens (tertiary/aromatic N) is 2. The van der Waals surface area contributed by atoms with E-state index in [0.717, 1.165) is 16.7 Å². The number of carbonyl (C=O) groups is 2. The Morgan fingerprint density at radius 3 is 1.87 bits per heavy atom. The molecule has 30 heavy (non-hydrogen) atoms. The Labute approximate surface area is 177 Å². The van der Waals surface area contributed by atoms with E-state index in [0.29, 0.717) is 29.1 Å². The molecule has 2 aromatic rings. The van der Waals surface area contributed by atoms with Crippen LogP contribution in [0.25, 0.3) is 0 Å². The quantitative estimate of drug-likeness (QED) is 0.696. The molecule has 0 saturated carbocycles. The number of methoxy groups -OCH3 is 1. The van der Waals surface area contributed by atoms with Crippen molar-refractivity contribution in [2.24, 2.45) is 0 Å². The van der Waals surface area contributed by atoms with E-state index in [1.165, 1.54) is 11.4 Å². The Morgan fingerprint density at radius 1 is 0.867 bits per heavy atom. The number of rotatable bonds is 4. The predicted molar refractivity (Wildman–Crippen MR) is 113 cm³/mol. The maximum atomic E-state index is 13.2. The number of amides is 1. The van der Waals surface area contributed by atoms with Crippen molar-refractivity contribution in [3.05, 3.63) is 64.2 Å². The summed E-state index contributed by atoms with van der Waals surface area (Å²) in [5, 5.41) is 0. The first-order valence-electron chi connectivity index (χ1n) is 9.71. The summed E-state index contributed by atoms with van der Waals surface area (Å²) in [6.45, 7) is 6.65. The molecule has 1 aliphatic rings. The lowest BCUT2D eigenvalue weighted by Gasteiger charge is -2.34. The minimum Gasteiger partial charge on any atom is -0.465 e. The van der Waals surface area contributed by atoms with Gasteiger partial charge in [0.2, 0.25) is 10.0 Å². The summed E-state index contributed by atoms with van der Waals surface area (Å²) in [4.78, 5) is 26.3. The molecule has 3 rings (SSSR count). The van der Waals surface area contributed by atoms with Crippen LogP contribution in [0.3, 0.4) is 0 Å². The molecule has 7 nitrogen and oxygen atoms in total. The summed E-state index contributed by atoms with van der Waals surface area (Å²) in [5.74, 6) is -0.652. The van der Waals surface area contributed by atoms with Crippen LogP contribution >= 0.6 is 0 Å². The van der Waals surface area contributed by atoms with Gasteiger partial charge >= 0.3 is 5.97 Å². The number of aryl methyl sites for hydroxylation is 3. The second-order valence-corrected chi connectivity index (χ2v) is 9.37. The Morgan fingerprint density at radius 2 is 1.37 bits per heavy atom. The summed E-state index contributed by atoms with van der Waals surface area (Å²) in [7, 11) is -2.33. The van der Waals surface area contributed by atoms with Gasteiger partial charge in [0.15, 0.2) is 0 Å². The van der Waals surface area contributed by atoms with Gasteiger partial charge in [-0.2, -0.15) is 4.31 Å². The topological polar surface area (TPSA) is 84.0 Å². The predicted octanol–water partition coefficient (Wildman–Crippen LogP) is 2.55. The molecule has 160 valence electrons. The highest BCUT2D eigenvalue weighted by molar-refractivity contribution is 7.89. The lowest BCUT2D eigenvalue weighted by Crippen LogP contribution is -2.50. The molecule has 1 heterocycles. The summed E-state index contributed by atoms with van der Waals surface area (Å²) >= 11 is 0. The Kier molecular flexibility index (Phi) is 6.28. The number of esters is 1. The number of hydrogen-bond acceptors (Lipinski definition) is 5. The summed E-state index contributed by atoms with van der Waals surface area (Å²) < 4.78 is 32.5. The van der Waals surface area contributed by atoms with Gasteiger partial charge in [0.25, 0.3) is 5.91 Å². The number of sulfonamides is 1. The standard InChI is InChI=1S/C22H26N2O5S/c1-15-13-16(2)20(17(3)14-15)30(27,28)24-11-9-23(10-12-24)21(25)18-5-7-19(8-6-18)22(26)29-4/h5-8,13-14H,9-12H2,1-4H3. The monoisotopic (exact) mass is 430 g/mol. The third kappa shape index (κ3) is 4.24. The average molecular weight is 431 g/mol. The maximum absolute atomic E-state index is 13.2. The lowest BCUT2D eigenvalue weighted by molar-refractivity contribution is 0.0599. The maximum Gasteiger partial charge on any atom is 0.337 e. The van der Waals surface area contributed by atoms with E-state index >= 15 is 0 Å². The zero-order valence-corrected chi connectivity index (χ0v) is 18.5. The van der Waals surface area contributed by atoms with Crippen molar-refractivity contribution in [1.82, 2.24) is 9.21 Å². The average Bonchev–Trinajstić information content (AvgIpc) is 2.72. The number of carbonyl (C=O) groups excluding carboxylic acids is 2. The van der Waals surface area contributed by atoms with E-state index in [-0.39, 0.29) is 19.0 Å². The van der Waals surface area contributed by atoms with E-state index < -0.39 is 16.0 Å². The highest BCUT2D eigenvalue weighted by Gasteiger charge is 2.32. The Bertz CT molecular complexity index is 1050. The van der Waals surface area contributed by atoms with E-state index in [1.807, 2.05) is 32.9 Å². The third-order valence-corrected chi connectivity index (χ3v) is 7.49. The summed E-state index contributed by atoms with van der Waals surface area (Å²) in [5.41, 5.74) is 3.31. The molecule has 0 aromatic heterocycles. The van der Waals surface area contributed by atoms with Crippen LogP contribution in [0.4, 0.5) is 0 Å². The minimum atomic E-state index is -3.63. The third-order valence-electron chi connectivity index (χ3n) is 5.28. The molecule has 0 bridgehead atoms. The molecule has 0 aliphatic carbocycles. The molecule has 1 fully saturated rings. The molecule has 1 amide bonds. The molecular weight excluding hydrogens is 404 g/mol. The minimum absolute atomic E-state index is 0.189. The molecule has 0 atom stereocenters. The fourth-order valence-corrected chi connectivity index (χ4v) is 5.72. The van der Waals surface area contributed by atoms with Crippen molar-refractivity contribution in [1.29, 1.82) is 0 Å². The second kappa shape index (κ2) is 8.57. The summed E-state index contributed by atoms with van der Waals surface area (Å²) in [6.07, 6.45) is 0. The van der Waals surface area contributed by atoms with Gasteiger partial charge in [-0.1, -0.05) is 17.7 Å². The van der Waals surface area contributed by atoms with Crippen LogP contribution < -0.4 is 0 Å².